The summed E-state index contributed by atoms with van der Waals surface area (Å²) in [6, 6.07) is 0. The fourth-order valence-electron chi connectivity index (χ4n) is 3.29. The minimum atomic E-state index is -0.577. The van der Waals surface area contributed by atoms with Gasteiger partial charge < -0.3 is 9.64 Å². The van der Waals surface area contributed by atoms with E-state index in [-0.39, 0.29) is 17.8 Å². The molecule has 1 aromatic rings. The van der Waals surface area contributed by atoms with E-state index in [4.69, 9.17) is 4.74 Å². The minimum Gasteiger partial charge on any atom is -0.466 e. The molecule has 6 heteroatoms. The molecule has 0 aliphatic carbocycles. The van der Waals surface area contributed by atoms with Crippen molar-refractivity contribution in [3.63, 3.8) is 0 Å². The summed E-state index contributed by atoms with van der Waals surface area (Å²) < 4.78 is 5.27. The van der Waals surface area contributed by atoms with Gasteiger partial charge in [-0.05, 0) is 33.1 Å². The van der Waals surface area contributed by atoms with Crippen LogP contribution in [0.15, 0.2) is 0 Å². The molecule has 0 unspecified atom stereocenters. The third-order valence-corrected chi connectivity index (χ3v) is 5.05. The summed E-state index contributed by atoms with van der Waals surface area (Å²) in [6.45, 7) is 11.1. The van der Waals surface area contributed by atoms with Crippen LogP contribution in [0.4, 0.5) is 0 Å². The molecule has 2 rings (SSSR count). The number of aromatic nitrogens is 2. The van der Waals surface area contributed by atoms with Crippen molar-refractivity contribution in [3.8, 4) is 0 Å². The normalized spacial score (nSPS) is 21.0. The quantitative estimate of drug-likeness (QED) is 0.842. The van der Waals surface area contributed by atoms with Gasteiger partial charge in [0.25, 0.3) is 0 Å². The lowest BCUT2D eigenvalue weighted by Gasteiger charge is -2.30. The van der Waals surface area contributed by atoms with Crippen molar-refractivity contribution in [2.24, 2.45) is 11.3 Å². The molecule has 0 bridgehead atoms. The Balaban J connectivity index is 2.11. The van der Waals surface area contributed by atoms with E-state index in [0.29, 0.717) is 32.5 Å². The predicted molar refractivity (Wildman–Crippen MR) is 86.9 cm³/mol. The molecule has 0 aromatic carbocycles. The average Bonchev–Trinajstić information content (AvgIpc) is 3.07. The third kappa shape index (κ3) is 3.26. The zero-order valence-corrected chi connectivity index (χ0v) is 14.7. The summed E-state index contributed by atoms with van der Waals surface area (Å²) in [5.41, 5.74) is 2.16. The summed E-state index contributed by atoms with van der Waals surface area (Å²) in [5.74, 6) is 0.00198. The number of esters is 1. The molecule has 1 aliphatic rings. The molecular weight excluding hydrogens is 294 g/mol. The summed E-state index contributed by atoms with van der Waals surface area (Å²) >= 11 is 0. The molecule has 6 nitrogen and oxygen atoms in total. The van der Waals surface area contributed by atoms with Crippen LogP contribution in [0.2, 0.25) is 0 Å². The van der Waals surface area contributed by atoms with Crippen LogP contribution < -0.4 is 0 Å². The van der Waals surface area contributed by atoms with Crippen LogP contribution in [0.3, 0.4) is 0 Å². The predicted octanol–water partition coefficient (Wildman–Crippen LogP) is 2.01. The van der Waals surface area contributed by atoms with Gasteiger partial charge in [-0.2, -0.15) is 5.10 Å². The Bertz CT molecular complexity index is 574. The Morgan fingerprint density at radius 3 is 2.61 bits per heavy atom. The van der Waals surface area contributed by atoms with Crippen LogP contribution in [0.1, 0.15) is 44.1 Å². The lowest BCUT2D eigenvalue weighted by atomic mass is 9.76. The lowest BCUT2D eigenvalue weighted by Crippen LogP contribution is -2.42. The van der Waals surface area contributed by atoms with Gasteiger partial charge in [0.1, 0.15) is 0 Å². The van der Waals surface area contributed by atoms with Gasteiger partial charge in [-0.1, -0.05) is 13.8 Å². The number of nitrogens with zero attached hydrogens (tertiary/aromatic N) is 2. The van der Waals surface area contributed by atoms with Crippen molar-refractivity contribution in [1.82, 2.24) is 15.1 Å². The molecule has 1 atom stereocenters. The van der Waals surface area contributed by atoms with E-state index in [1.54, 1.807) is 4.90 Å². The average molecular weight is 321 g/mol. The fourth-order valence-corrected chi connectivity index (χ4v) is 3.29. The number of H-pyrrole nitrogens is 1. The second-order valence-corrected chi connectivity index (χ2v) is 6.69. The SMILES string of the molecule is CCOC(=O)[C@]1(C(C)C)CCN(C(=O)Cc2c(C)n[nH]c2C)C1. The zero-order valence-electron chi connectivity index (χ0n) is 14.7. The van der Waals surface area contributed by atoms with E-state index in [2.05, 4.69) is 10.2 Å². The van der Waals surface area contributed by atoms with E-state index >= 15 is 0 Å². The van der Waals surface area contributed by atoms with Crippen molar-refractivity contribution in [2.45, 2.75) is 47.5 Å². The maximum Gasteiger partial charge on any atom is 0.314 e. The minimum absolute atomic E-state index is 0.0458. The standard InChI is InChI=1S/C17H27N3O3/c1-6-23-16(22)17(11(2)3)7-8-20(10-17)15(21)9-14-12(4)18-19-13(14)5/h11H,6-10H2,1-5H3,(H,18,19)/t17-/m1/s1. The first-order valence-corrected chi connectivity index (χ1v) is 8.27. The lowest BCUT2D eigenvalue weighted by molar-refractivity contribution is -0.157. The van der Waals surface area contributed by atoms with Crippen molar-refractivity contribution >= 4 is 11.9 Å². The Hall–Kier alpha value is -1.85. The van der Waals surface area contributed by atoms with Gasteiger partial charge in [0.2, 0.25) is 5.91 Å². The number of amides is 1. The van der Waals surface area contributed by atoms with Gasteiger partial charge in [-0.3, -0.25) is 14.7 Å². The Morgan fingerprint density at radius 2 is 2.09 bits per heavy atom. The van der Waals surface area contributed by atoms with Gasteiger partial charge in [0, 0.05) is 24.3 Å². The number of rotatable bonds is 5. The first kappa shape index (κ1) is 17.5. The molecular formula is C17H27N3O3. The zero-order chi connectivity index (χ0) is 17.2. The Morgan fingerprint density at radius 1 is 1.39 bits per heavy atom. The van der Waals surface area contributed by atoms with Crippen LogP contribution in [0.25, 0.3) is 0 Å². The van der Waals surface area contributed by atoms with Crippen molar-refractivity contribution in [2.75, 3.05) is 19.7 Å². The largest absolute Gasteiger partial charge is 0.466 e. The third-order valence-electron chi connectivity index (χ3n) is 5.05. The number of carbonyl (C=O) groups is 2. The molecule has 1 aliphatic heterocycles. The number of nitrogens with one attached hydrogen (secondary N) is 1. The van der Waals surface area contributed by atoms with E-state index in [1.165, 1.54) is 0 Å². The number of hydrogen-bond acceptors (Lipinski definition) is 4. The first-order valence-electron chi connectivity index (χ1n) is 8.27. The Kier molecular flexibility index (Phi) is 5.12. The van der Waals surface area contributed by atoms with Gasteiger partial charge in [0.15, 0.2) is 0 Å². The monoisotopic (exact) mass is 321 g/mol. The maximum absolute atomic E-state index is 12.6. The molecule has 23 heavy (non-hydrogen) atoms. The van der Waals surface area contributed by atoms with Crippen LogP contribution >= 0.6 is 0 Å². The molecule has 1 saturated heterocycles. The molecule has 2 heterocycles. The summed E-state index contributed by atoms with van der Waals surface area (Å²) in [5, 5.41) is 7.04. The molecule has 1 fully saturated rings. The van der Waals surface area contributed by atoms with E-state index in [9.17, 15) is 9.59 Å². The second kappa shape index (κ2) is 6.72. The van der Waals surface area contributed by atoms with E-state index in [0.717, 1.165) is 17.0 Å². The first-order chi connectivity index (χ1) is 10.8. The number of aryl methyl sites for hydroxylation is 2. The summed E-state index contributed by atoms with van der Waals surface area (Å²) in [7, 11) is 0. The van der Waals surface area contributed by atoms with Crippen LogP contribution in [0.5, 0.6) is 0 Å². The highest BCUT2D eigenvalue weighted by atomic mass is 16.5. The highest BCUT2D eigenvalue weighted by Gasteiger charge is 2.49. The van der Waals surface area contributed by atoms with Crippen LogP contribution in [-0.2, 0) is 20.7 Å². The van der Waals surface area contributed by atoms with E-state index < -0.39 is 5.41 Å². The number of likely N-dealkylation sites (tertiary alicyclic amines) is 1. The van der Waals surface area contributed by atoms with Crippen molar-refractivity contribution < 1.29 is 14.3 Å². The van der Waals surface area contributed by atoms with Gasteiger partial charge >= 0.3 is 5.97 Å². The summed E-state index contributed by atoms with van der Waals surface area (Å²) in [6.07, 6.45) is 0.990. The molecule has 1 amide bonds. The molecule has 1 N–H and O–H groups in total. The molecule has 0 radical (unpaired) electrons. The maximum atomic E-state index is 12.6. The number of aromatic amines is 1. The summed E-state index contributed by atoms with van der Waals surface area (Å²) in [4.78, 5) is 26.9. The molecule has 1 aromatic heterocycles. The highest BCUT2D eigenvalue weighted by molar-refractivity contribution is 5.83. The molecule has 0 spiro atoms. The molecule has 128 valence electrons. The number of ether oxygens (including phenoxy) is 1. The highest BCUT2D eigenvalue weighted by Crippen LogP contribution is 2.39. The second-order valence-electron chi connectivity index (χ2n) is 6.69. The van der Waals surface area contributed by atoms with Gasteiger partial charge in [-0.15, -0.1) is 0 Å². The Labute approximate surface area is 137 Å². The topological polar surface area (TPSA) is 75.3 Å². The van der Waals surface area contributed by atoms with Crippen LogP contribution in [0, 0.1) is 25.2 Å². The fraction of sp³-hybridized carbons (Fsp3) is 0.706. The van der Waals surface area contributed by atoms with Crippen molar-refractivity contribution in [3.05, 3.63) is 17.0 Å². The van der Waals surface area contributed by atoms with Gasteiger partial charge in [0.05, 0.1) is 24.1 Å². The van der Waals surface area contributed by atoms with Crippen LogP contribution in [-0.4, -0.2) is 46.7 Å². The number of hydrogen-bond donors (Lipinski definition) is 1. The smallest absolute Gasteiger partial charge is 0.314 e. The van der Waals surface area contributed by atoms with E-state index in [1.807, 2.05) is 34.6 Å². The van der Waals surface area contributed by atoms with Gasteiger partial charge in [-0.25, -0.2) is 0 Å². The van der Waals surface area contributed by atoms with Crippen molar-refractivity contribution in [1.29, 1.82) is 0 Å². The molecule has 0 saturated carbocycles. The number of carbonyl (C=O) groups excluding carboxylic acids is 2.